The molecule has 2 aromatic rings. The number of hydrogen-bond donors (Lipinski definition) is 1. The first-order valence-electron chi connectivity index (χ1n) is 5.87. The molecule has 0 aromatic carbocycles. The fourth-order valence-corrected chi connectivity index (χ4v) is 2.74. The van der Waals surface area contributed by atoms with E-state index in [1.807, 2.05) is 19.5 Å². The van der Waals surface area contributed by atoms with Gasteiger partial charge in [-0.05, 0) is 27.0 Å². The number of hydrogen-bond acceptors (Lipinski definition) is 5. The van der Waals surface area contributed by atoms with Crippen LogP contribution in [-0.4, -0.2) is 28.0 Å². The van der Waals surface area contributed by atoms with Crippen LogP contribution in [0.25, 0.3) is 0 Å². The summed E-state index contributed by atoms with van der Waals surface area (Å²) in [4.78, 5) is 18.4. The fraction of sp³-hybridized carbons (Fsp3) is 0.385. The molecule has 0 aliphatic rings. The van der Waals surface area contributed by atoms with Crippen LogP contribution in [0.1, 0.15) is 32.4 Å². The third-order valence-electron chi connectivity index (χ3n) is 2.88. The average molecular weight is 280 g/mol. The minimum Gasteiger partial charge on any atom is -0.478 e. The van der Waals surface area contributed by atoms with Gasteiger partial charge in [-0.15, -0.1) is 11.3 Å². The zero-order chi connectivity index (χ0) is 14.0. The van der Waals surface area contributed by atoms with Gasteiger partial charge in [-0.25, -0.2) is 9.78 Å². The van der Waals surface area contributed by atoms with Gasteiger partial charge in [-0.1, -0.05) is 0 Å². The largest absolute Gasteiger partial charge is 0.478 e. The first kappa shape index (κ1) is 13.8. The number of carboxylic acid groups (broad SMARTS) is 1. The van der Waals surface area contributed by atoms with E-state index in [0.717, 1.165) is 12.2 Å². The second-order valence-corrected chi connectivity index (χ2v) is 5.46. The average Bonchev–Trinajstić information content (AvgIpc) is 2.86. The van der Waals surface area contributed by atoms with E-state index in [1.165, 1.54) is 4.88 Å². The van der Waals surface area contributed by atoms with Crippen molar-refractivity contribution < 1.29 is 14.3 Å². The number of rotatable bonds is 5. The van der Waals surface area contributed by atoms with Crippen molar-refractivity contribution in [2.24, 2.45) is 0 Å². The molecule has 1 N–H and O–H groups in total. The maximum atomic E-state index is 10.9. The summed E-state index contributed by atoms with van der Waals surface area (Å²) in [5.41, 5.74) is 3.11. The molecule has 19 heavy (non-hydrogen) atoms. The van der Waals surface area contributed by atoms with Crippen molar-refractivity contribution in [2.75, 3.05) is 7.05 Å². The highest BCUT2D eigenvalue weighted by atomic mass is 32.1. The lowest BCUT2D eigenvalue weighted by Gasteiger charge is -2.14. The first-order chi connectivity index (χ1) is 8.97. The molecule has 0 fully saturated rings. The molecule has 0 spiro atoms. The van der Waals surface area contributed by atoms with Gasteiger partial charge in [0, 0.05) is 11.4 Å². The quantitative estimate of drug-likeness (QED) is 0.912. The molecule has 0 atom stereocenters. The predicted octanol–water partition coefficient (Wildman–Crippen LogP) is 2.68. The number of aryl methyl sites for hydroxylation is 2. The highest BCUT2D eigenvalue weighted by Crippen LogP contribution is 2.19. The Morgan fingerprint density at radius 1 is 1.47 bits per heavy atom. The zero-order valence-corrected chi connectivity index (χ0v) is 12.0. The van der Waals surface area contributed by atoms with Crippen molar-refractivity contribution in [3.8, 4) is 0 Å². The number of carboxylic acids is 1. The second-order valence-electron chi connectivity index (χ2n) is 4.52. The van der Waals surface area contributed by atoms with Gasteiger partial charge < -0.3 is 9.52 Å². The third kappa shape index (κ3) is 3.21. The van der Waals surface area contributed by atoms with Crippen LogP contribution in [-0.2, 0) is 13.1 Å². The summed E-state index contributed by atoms with van der Waals surface area (Å²) in [5.74, 6) is 0.165. The van der Waals surface area contributed by atoms with Crippen LogP contribution >= 0.6 is 11.3 Å². The lowest BCUT2D eigenvalue weighted by molar-refractivity contribution is 0.0695. The van der Waals surface area contributed by atoms with Gasteiger partial charge in [-0.3, -0.25) is 4.90 Å². The van der Waals surface area contributed by atoms with Crippen molar-refractivity contribution in [1.82, 2.24) is 9.88 Å². The number of carbonyl (C=O) groups is 1. The Morgan fingerprint density at radius 3 is 2.74 bits per heavy atom. The maximum Gasteiger partial charge on any atom is 0.339 e. The van der Waals surface area contributed by atoms with Gasteiger partial charge in [0.1, 0.15) is 17.1 Å². The Morgan fingerprint density at radius 2 is 2.21 bits per heavy atom. The van der Waals surface area contributed by atoms with Gasteiger partial charge in [0.05, 0.1) is 17.7 Å². The molecule has 2 aromatic heterocycles. The van der Waals surface area contributed by atoms with Gasteiger partial charge >= 0.3 is 5.97 Å². The maximum absolute atomic E-state index is 10.9. The molecule has 0 radical (unpaired) electrons. The number of furan rings is 1. The fourth-order valence-electron chi connectivity index (χ4n) is 1.88. The van der Waals surface area contributed by atoms with Gasteiger partial charge in [-0.2, -0.15) is 0 Å². The number of aromatic nitrogens is 1. The molecule has 0 unspecified atom stereocenters. The van der Waals surface area contributed by atoms with E-state index in [-0.39, 0.29) is 5.56 Å². The molecule has 2 rings (SSSR count). The Balaban J connectivity index is 2.03. The van der Waals surface area contributed by atoms with Crippen LogP contribution in [0, 0.1) is 13.8 Å². The molecule has 2 heterocycles. The van der Waals surface area contributed by atoms with Crippen LogP contribution in [0.3, 0.4) is 0 Å². The summed E-state index contributed by atoms with van der Waals surface area (Å²) < 4.78 is 5.46. The molecule has 0 aliphatic carbocycles. The molecule has 0 aliphatic heterocycles. The van der Waals surface area contributed by atoms with E-state index in [9.17, 15) is 4.79 Å². The Bertz CT molecular complexity index is 588. The summed E-state index contributed by atoms with van der Waals surface area (Å²) in [6.07, 6.45) is 0. The smallest absolute Gasteiger partial charge is 0.339 e. The van der Waals surface area contributed by atoms with Gasteiger partial charge in [0.2, 0.25) is 0 Å². The molecular weight excluding hydrogens is 264 g/mol. The summed E-state index contributed by atoms with van der Waals surface area (Å²) in [5, 5.41) is 8.98. The van der Waals surface area contributed by atoms with E-state index in [4.69, 9.17) is 9.52 Å². The molecule has 0 amide bonds. The topological polar surface area (TPSA) is 66.6 Å². The van der Waals surface area contributed by atoms with Gasteiger partial charge in [0.25, 0.3) is 0 Å². The second kappa shape index (κ2) is 5.54. The van der Waals surface area contributed by atoms with E-state index < -0.39 is 5.97 Å². The van der Waals surface area contributed by atoms with Gasteiger partial charge in [0.15, 0.2) is 0 Å². The lowest BCUT2D eigenvalue weighted by Crippen LogP contribution is -2.16. The van der Waals surface area contributed by atoms with E-state index in [2.05, 4.69) is 9.88 Å². The standard InChI is InChI=1S/C13H16N2O3S/c1-8-12(19-7-14-8)6-15(3)5-10-4-11(13(16)17)9(2)18-10/h4,7H,5-6H2,1-3H3,(H,16,17). The molecule has 0 saturated heterocycles. The van der Waals surface area contributed by atoms with Crippen LogP contribution in [0.15, 0.2) is 16.0 Å². The molecular formula is C13H16N2O3S. The van der Waals surface area contributed by atoms with Crippen LogP contribution in [0.2, 0.25) is 0 Å². The van der Waals surface area contributed by atoms with Crippen LogP contribution in [0.4, 0.5) is 0 Å². The van der Waals surface area contributed by atoms with Crippen LogP contribution in [0.5, 0.6) is 0 Å². The molecule has 0 bridgehead atoms. The first-order valence-corrected chi connectivity index (χ1v) is 6.75. The van der Waals surface area contributed by atoms with E-state index in [1.54, 1.807) is 24.3 Å². The van der Waals surface area contributed by atoms with Crippen molar-refractivity contribution >= 4 is 17.3 Å². The van der Waals surface area contributed by atoms with Crippen molar-refractivity contribution in [2.45, 2.75) is 26.9 Å². The van der Waals surface area contributed by atoms with E-state index in [0.29, 0.717) is 18.1 Å². The number of nitrogens with zero attached hydrogens (tertiary/aromatic N) is 2. The molecule has 6 heteroatoms. The number of thiazole rings is 1. The Labute approximate surface area is 115 Å². The highest BCUT2D eigenvalue weighted by Gasteiger charge is 2.15. The summed E-state index contributed by atoms with van der Waals surface area (Å²) in [7, 11) is 1.97. The van der Waals surface area contributed by atoms with E-state index >= 15 is 0 Å². The van der Waals surface area contributed by atoms with Crippen LogP contribution < -0.4 is 0 Å². The molecule has 102 valence electrons. The SMILES string of the molecule is Cc1ncsc1CN(C)Cc1cc(C(=O)O)c(C)o1. The highest BCUT2D eigenvalue weighted by molar-refractivity contribution is 7.09. The summed E-state index contributed by atoms with van der Waals surface area (Å²) >= 11 is 1.62. The van der Waals surface area contributed by atoms with Crippen molar-refractivity contribution in [3.63, 3.8) is 0 Å². The number of aromatic carboxylic acids is 1. The zero-order valence-electron chi connectivity index (χ0n) is 11.1. The minimum atomic E-state index is -0.951. The summed E-state index contributed by atoms with van der Waals surface area (Å²) in [6, 6.07) is 1.59. The Kier molecular flexibility index (Phi) is 4.01. The third-order valence-corrected chi connectivity index (χ3v) is 3.80. The monoisotopic (exact) mass is 280 g/mol. The normalized spacial score (nSPS) is 11.2. The molecule has 0 saturated carbocycles. The lowest BCUT2D eigenvalue weighted by atomic mass is 10.2. The molecule has 5 nitrogen and oxygen atoms in total. The predicted molar refractivity (Wildman–Crippen MR) is 72.4 cm³/mol. The minimum absolute atomic E-state index is 0.234. The Hall–Kier alpha value is -1.66. The summed E-state index contributed by atoms with van der Waals surface area (Å²) in [6.45, 7) is 5.00. The van der Waals surface area contributed by atoms with Crippen molar-refractivity contribution in [1.29, 1.82) is 0 Å². The van der Waals surface area contributed by atoms with Crippen molar-refractivity contribution in [3.05, 3.63) is 39.2 Å².